The molecule has 0 saturated heterocycles. The van der Waals surface area contributed by atoms with Crippen molar-refractivity contribution in [1.29, 1.82) is 0 Å². The quantitative estimate of drug-likeness (QED) is 0.628. The Morgan fingerprint density at radius 1 is 1.32 bits per heavy atom. The Kier molecular flexibility index (Phi) is 7.14. The van der Waals surface area contributed by atoms with Gasteiger partial charge >= 0.3 is 5.97 Å². The van der Waals surface area contributed by atoms with Gasteiger partial charge in [-0.1, -0.05) is 19.4 Å². The predicted octanol–water partition coefficient (Wildman–Crippen LogP) is 3.32. The van der Waals surface area contributed by atoms with Crippen LogP contribution >= 0.6 is 0 Å². The molecule has 0 spiro atoms. The van der Waals surface area contributed by atoms with Gasteiger partial charge in [0.2, 0.25) is 0 Å². The molecule has 0 aromatic rings. The molecule has 0 atom stereocenters. The van der Waals surface area contributed by atoms with E-state index < -0.39 is 0 Å². The van der Waals surface area contributed by atoms with E-state index in [9.17, 15) is 4.79 Å². The molecule has 0 bridgehead atoms. The average molecular weight is 268 g/mol. The van der Waals surface area contributed by atoms with E-state index in [1.807, 2.05) is 6.92 Å². The lowest BCUT2D eigenvalue weighted by Crippen LogP contribution is -2.21. The smallest absolute Gasteiger partial charge is 0.330 e. The number of carbonyl (C=O) groups excluding carboxylic acids is 1. The second kappa shape index (κ2) is 8.36. The number of aliphatic hydroxyl groups excluding tert-OH is 1. The van der Waals surface area contributed by atoms with Crippen molar-refractivity contribution in [3.63, 3.8) is 0 Å². The zero-order chi connectivity index (χ0) is 14.3. The van der Waals surface area contributed by atoms with Crippen LogP contribution in [0.3, 0.4) is 0 Å². The highest BCUT2D eigenvalue weighted by atomic mass is 16.5. The van der Waals surface area contributed by atoms with Gasteiger partial charge < -0.3 is 9.84 Å². The van der Waals surface area contributed by atoms with Crippen molar-refractivity contribution in [3.8, 4) is 0 Å². The normalized spacial score (nSPS) is 28.4. The molecule has 3 nitrogen and oxygen atoms in total. The molecule has 0 amide bonds. The molecule has 0 heterocycles. The van der Waals surface area contributed by atoms with Gasteiger partial charge in [-0.15, -0.1) is 0 Å². The molecular formula is C16H28O3. The molecule has 2 aliphatic rings. The van der Waals surface area contributed by atoms with E-state index in [4.69, 9.17) is 9.84 Å². The third kappa shape index (κ3) is 6.24. The van der Waals surface area contributed by atoms with Crippen molar-refractivity contribution >= 4 is 5.97 Å². The fraction of sp³-hybridized carbons (Fsp3) is 0.812. The second-order valence-corrected chi connectivity index (χ2v) is 6.02. The monoisotopic (exact) mass is 268 g/mol. The lowest BCUT2D eigenvalue weighted by molar-refractivity contribution is -0.137. The number of ether oxygens (including phenoxy) is 1. The first-order valence-electron chi connectivity index (χ1n) is 7.52. The molecule has 2 fully saturated rings. The van der Waals surface area contributed by atoms with E-state index in [1.165, 1.54) is 18.4 Å². The largest absolute Gasteiger partial charge is 0.463 e. The van der Waals surface area contributed by atoms with Gasteiger partial charge in [0.1, 0.15) is 0 Å². The van der Waals surface area contributed by atoms with Gasteiger partial charge in [-0.25, -0.2) is 4.79 Å². The van der Waals surface area contributed by atoms with Gasteiger partial charge in [-0.05, 0) is 56.8 Å². The van der Waals surface area contributed by atoms with Crippen LogP contribution < -0.4 is 0 Å². The highest BCUT2D eigenvalue weighted by Crippen LogP contribution is 2.34. The number of rotatable bonds is 4. The third-order valence-corrected chi connectivity index (χ3v) is 3.84. The van der Waals surface area contributed by atoms with Crippen LogP contribution in [0.5, 0.6) is 0 Å². The molecule has 2 rings (SSSR count). The molecule has 2 aliphatic carbocycles. The molecule has 1 N–H and O–H groups in total. The number of hydrogen-bond acceptors (Lipinski definition) is 3. The minimum atomic E-state index is -0.186. The fourth-order valence-electron chi connectivity index (χ4n) is 2.79. The van der Waals surface area contributed by atoms with Gasteiger partial charge in [0.05, 0.1) is 6.61 Å². The van der Waals surface area contributed by atoms with Crippen LogP contribution in [-0.2, 0) is 9.53 Å². The Labute approximate surface area is 117 Å². The van der Waals surface area contributed by atoms with E-state index in [2.05, 4.69) is 13.8 Å². The standard InChI is InChI=1S/C9H14O2.C7H14O/c1-3-11-9(10)6-8-4-7(2)5-8;1-6-4-7(5-6)2-3-8/h6-7H,3-5H2,1-2H3;6-8H,2-5H2,1H3. The number of allylic oxidation sites excluding steroid dienone is 1. The molecular weight excluding hydrogens is 240 g/mol. The first-order chi connectivity index (χ1) is 9.05. The van der Waals surface area contributed by atoms with Crippen molar-refractivity contribution in [2.45, 2.75) is 52.9 Å². The Bertz CT molecular complexity index is 292. The van der Waals surface area contributed by atoms with Crippen LogP contribution in [-0.4, -0.2) is 24.3 Å². The summed E-state index contributed by atoms with van der Waals surface area (Å²) >= 11 is 0. The lowest BCUT2D eigenvalue weighted by atomic mass is 9.75. The van der Waals surface area contributed by atoms with Gasteiger partial charge in [0.15, 0.2) is 0 Å². The average Bonchev–Trinajstić information content (AvgIpc) is 2.26. The van der Waals surface area contributed by atoms with Gasteiger partial charge in [-0.3, -0.25) is 0 Å². The van der Waals surface area contributed by atoms with Crippen LogP contribution in [0.2, 0.25) is 0 Å². The van der Waals surface area contributed by atoms with Crippen LogP contribution in [0.4, 0.5) is 0 Å². The Balaban J connectivity index is 0.000000200. The molecule has 3 heteroatoms. The summed E-state index contributed by atoms with van der Waals surface area (Å²) in [7, 11) is 0. The summed E-state index contributed by atoms with van der Waals surface area (Å²) in [5, 5.41) is 8.49. The SMILES string of the molecule is CC1CC(CCO)C1.CCOC(=O)C=C1CC(C)C1. The number of esters is 1. The maximum Gasteiger partial charge on any atom is 0.330 e. The van der Waals surface area contributed by atoms with E-state index >= 15 is 0 Å². The van der Waals surface area contributed by atoms with Crippen molar-refractivity contribution in [2.75, 3.05) is 13.2 Å². The summed E-state index contributed by atoms with van der Waals surface area (Å²) in [5.74, 6) is 2.37. The molecule has 0 radical (unpaired) electrons. The first-order valence-corrected chi connectivity index (χ1v) is 7.52. The summed E-state index contributed by atoms with van der Waals surface area (Å²) < 4.78 is 4.77. The fourth-order valence-corrected chi connectivity index (χ4v) is 2.79. The van der Waals surface area contributed by atoms with E-state index in [1.54, 1.807) is 6.08 Å². The van der Waals surface area contributed by atoms with E-state index in [-0.39, 0.29) is 5.97 Å². The minimum Gasteiger partial charge on any atom is -0.463 e. The Hall–Kier alpha value is -0.830. The predicted molar refractivity (Wildman–Crippen MR) is 76.7 cm³/mol. The van der Waals surface area contributed by atoms with E-state index in [0.717, 1.165) is 37.0 Å². The molecule has 0 aromatic heterocycles. The Morgan fingerprint density at radius 3 is 2.37 bits per heavy atom. The maximum absolute atomic E-state index is 10.9. The topological polar surface area (TPSA) is 46.5 Å². The number of aliphatic hydroxyl groups is 1. The van der Waals surface area contributed by atoms with Gasteiger partial charge in [0, 0.05) is 12.7 Å². The summed E-state index contributed by atoms with van der Waals surface area (Å²) in [4.78, 5) is 10.9. The van der Waals surface area contributed by atoms with Crippen LogP contribution in [0.15, 0.2) is 11.6 Å². The van der Waals surface area contributed by atoms with Gasteiger partial charge in [-0.2, -0.15) is 0 Å². The van der Waals surface area contributed by atoms with Crippen molar-refractivity contribution in [1.82, 2.24) is 0 Å². The van der Waals surface area contributed by atoms with Crippen LogP contribution in [0, 0.1) is 17.8 Å². The highest BCUT2D eigenvalue weighted by molar-refractivity contribution is 5.83. The maximum atomic E-state index is 10.9. The summed E-state index contributed by atoms with van der Waals surface area (Å²) in [6.07, 6.45) is 7.49. The lowest BCUT2D eigenvalue weighted by Gasteiger charge is -2.31. The molecule has 0 unspecified atom stereocenters. The highest BCUT2D eigenvalue weighted by Gasteiger charge is 2.23. The van der Waals surface area contributed by atoms with Crippen molar-refractivity contribution in [2.24, 2.45) is 17.8 Å². The second-order valence-electron chi connectivity index (χ2n) is 6.02. The Morgan fingerprint density at radius 2 is 1.95 bits per heavy atom. The van der Waals surface area contributed by atoms with Crippen LogP contribution in [0.25, 0.3) is 0 Å². The molecule has 0 aliphatic heterocycles. The van der Waals surface area contributed by atoms with Crippen molar-refractivity contribution < 1.29 is 14.6 Å². The molecule has 110 valence electrons. The first kappa shape index (κ1) is 16.2. The van der Waals surface area contributed by atoms with E-state index in [0.29, 0.717) is 13.2 Å². The molecule has 0 aromatic carbocycles. The third-order valence-electron chi connectivity index (χ3n) is 3.84. The van der Waals surface area contributed by atoms with Gasteiger partial charge in [0.25, 0.3) is 0 Å². The summed E-state index contributed by atoms with van der Waals surface area (Å²) in [5.41, 5.74) is 1.23. The molecule has 19 heavy (non-hydrogen) atoms. The molecule has 2 saturated carbocycles. The van der Waals surface area contributed by atoms with Crippen molar-refractivity contribution in [3.05, 3.63) is 11.6 Å². The zero-order valence-corrected chi connectivity index (χ0v) is 12.5. The zero-order valence-electron chi connectivity index (χ0n) is 12.5. The summed E-state index contributed by atoms with van der Waals surface area (Å²) in [6, 6.07) is 0. The number of hydrogen-bond donors (Lipinski definition) is 1. The minimum absolute atomic E-state index is 0.186. The summed E-state index contributed by atoms with van der Waals surface area (Å²) in [6.45, 7) is 7.13. The van der Waals surface area contributed by atoms with Crippen LogP contribution in [0.1, 0.15) is 52.9 Å². The number of carbonyl (C=O) groups is 1.